The minimum Gasteiger partial charge on any atom is -0.497 e. The van der Waals surface area contributed by atoms with E-state index in [9.17, 15) is 0 Å². The highest BCUT2D eigenvalue weighted by Gasteiger charge is 2.22. The largest absolute Gasteiger partial charge is 0.497 e. The molecule has 1 unspecified atom stereocenters. The van der Waals surface area contributed by atoms with Crippen LogP contribution in [0.2, 0.25) is 0 Å². The fourth-order valence-electron chi connectivity index (χ4n) is 2.84. The van der Waals surface area contributed by atoms with E-state index in [4.69, 9.17) is 9.72 Å². The first kappa shape index (κ1) is 12.7. The molecular formula is C17H16N2OS. The first-order valence-electron chi connectivity index (χ1n) is 7.10. The van der Waals surface area contributed by atoms with Gasteiger partial charge in [-0.05, 0) is 36.2 Å². The standard InChI is InChI=1S/C17H16N2OS/c1-20-13-6-7-15-16(9-13)21-17(19-15)12-8-11-4-2-3-5-14(11)18-10-12/h2-7,9,12,18H,8,10H2,1H3. The van der Waals surface area contributed by atoms with Gasteiger partial charge in [0.2, 0.25) is 0 Å². The fourth-order valence-corrected chi connectivity index (χ4v) is 3.94. The summed E-state index contributed by atoms with van der Waals surface area (Å²) in [4.78, 5) is 4.81. The summed E-state index contributed by atoms with van der Waals surface area (Å²) in [6.45, 7) is 0.952. The van der Waals surface area contributed by atoms with Crippen LogP contribution >= 0.6 is 11.3 Å². The Labute approximate surface area is 127 Å². The molecule has 3 nitrogen and oxygen atoms in total. The van der Waals surface area contributed by atoms with Crippen molar-refractivity contribution in [1.82, 2.24) is 4.98 Å². The highest BCUT2D eigenvalue weighted by molar-refractivity contribution is 7.18. The van der Waals surface area contributed by atoms with Gasteiger partial charge in [0.1, 0.15) is 5.75 Å². The van der Waals surface area contributed by atoms with E-state index in [1.165, 1.54) is 21.0 Å². The second kappa shape index (κ2) is 5.04. The van der Waals surface area contributed by atoms with Crippen LogP contribution in [0.1, 0.15) is 16.5 Å². The number of methoxy groups -OCH3 is 1. The first-order chi connectivity index (χ1) is 10.3. The summed E-state index contributed by atoms with van der Waals surface area (Å²) in [5, 5.41) is 4.73. The van der Waals surface area contributed by atoms with Crippen molar-refractivity contribution in [1.29, 1.82) is 0 Å². The third-order valence-corrected chi connectivity index (χ3v) is 5.16. The van der Waals surface area contributed by atoms with Gasteiger partial charge in [-0.15, -0.1) is 11.3 Å². The molecule has 0 spiro atoms. The van der Waals surface area contributed by atoms with Crippen LogP contribution in [0.25, 0.3) is 10.2 Å². The average molecular weight is 296 g/mol. The number of hydrogen-bond donors (Lipinski definition) is 1. The number of nitrogens with zero attached hydrogens (tertiary/aromatic N) is 1. The van der Waals surface area contributed by atoms with Crippen molar-refractivity contribution in [2.24, 2.45) is 0 Å². The van der Waals surface area contributed by atoms with Gasteiger partial charge < -0.3 is 10.1 Å². The molecule has 106 valence electrons. The van der Waals surface area contributed by atoms with Crippen LogP contribution in [-0.4, -0.2) is 18.6 Å². The summed E-state index contributed by atoms with van der Waals surface area (Å²) in [7, 11) is 1.70. The predicted molar refractivity (Wildman–Crippen MR) is 87.5 cm³/mol. The molecule has 2 aromatic carbocycles. The molecule has 4 rings (SSSR count). The SMILES string of the molecule is COc1ccc2nc(C3CNc4ccccc4C3)sc2c1. The van der Waals surface area contributed by atoms with Gasteiger partial charge in [-0.2, -0.15) is 0 Å². The van der Waals surface area contributed by atoms with E-state index >= 15 is 0 Å². The zero-order valence-corrected chi connectivity index (χ0v) is 12.6. The second-order valence-corrected chi connectivity index (χ2v) is 6.39. The Kier molecular flexibility index (Phi) is 3.04. The highest BCUT2D eigenvalue weighted by Crippen LogP contribution is 2.35. The van der Waals surface area contributed by atoms with Crippen molar-refractivity contribution in [2.75, 3.05) is 19.0 Å². The maximum absolute atomic E-state index is 5.29. The number of para-hydroxylation sites is 1. The van der Waals surface area contributed by atoms with Gasteiger partial charge in [0, 0.05) is 18.2 Å². The first-order valence-corrected chi connectivity index (χ1v) is 7.91. The second-order valence-electron chi connectivity index (χ2n) is 5.32. The van der Waals surface area contributed by atoms with Crippen molar-refractivity contribution < 1.29 is 4.74 Å². The molecule has 0 bridgehead atoms. The Morgan fingerprint density at radius 3 is 3.05 bits per heavy atom. The third kappa shape index (κ3) is 2.25. The van der Waals surface area contributed by atoms with Crippen molar-refractivity contribution in [3.63, 3.8) is 0 Å². The summed E-state index contributed by atoms with van der Waals surface area (Å²) in [5.41, 5.74) is 3.71. The maximum atomic E-state index is 5.29. The van der Waals surface area contributed by atoms with Gasteiger partial charge >= 0.3 is 0 Å². The number of fused-ring (bicyclic) bond motifs is 2. The van der Waals surface area contributed by atoms with E-state index in [2.05, 4.69) is 35.6 Å². The van der Waals surface area contributed by atoms with Crippen molar-refractivity contribution in [3.05, 3.63) is 53.0 Å². The van der Waals surface area contributed by atoms with E-state index in [0.717, 1.165) is 24.2 Å². The molecular weight excluding hydrogens is 280 g/mol. The van der Waals surface area contributed by atoms with Gasteiger partial charge in [-0.3, -0.25) is 0 Å². The number of hydrogen-bond acceptors (Lipinski definition) is 4. The van der Waals surface area contributed by atoms with Crippen LogP contribution in [0.3, 0.4) is 0 Å². The van der Waals surface area contributed by atoms with Gasteiger partial charge in [0.15, 0.2) is 0 Å². The molecule has 1 aliphatic rings. The normalized spacial score (nSPS) is 17.3. The number of nitrogens with one attached hydrogen (secondary N) is 1. The Morgan fingerprint density at radius 2 is 2.14 bits per heavy atom. The van der Waals surface area contributed by atoms with Gasteiger partial charge in [0.25, 0.3) is 0 Å². The summed E-state index contributed by atoms with van der Waals surface area (Å²) in [6.07, 6.45) is 1.06. The van der Waals surface area contributed by atoms with Crippen molar-refractivity contribution >= 4 is 27.2 Å². The lowest BCUT2D eigenvalue weighted by Gasteiger charge is -2.24. The molecule has 21 heavy (non-hydrogen) atoms. The topological polar surface area (TPSA) is 34.1 Å². The van der Waals surface area contributed by atoms with Gasteiger partial charge in [0.05, 0.1) is 22.3 Å². The fraction of sp³-hybridized carbons (Fsp3) is 0.235. The number of thiazole rings is 1. The molecule has 0 radical (unpaired) electrons. The summed E-state index contributed by atoms with van der Waals surface area (Å²) >= 11 is 1.78. The Bertz CT molecular complexity index is 796. The quantitative estimate of drug-likeness (QED) is 0.774. The molecule has 1 aromatic heterocycles. The zero-order chi connectivity index (χ0) is 14.2. The summed E-state index contributed by atoms with van der Waals surface area (Å²) in [6, 6.07) is 14.6. The monoisotopic (exact) mass is 296 g/mol. The van der Waals surface area contributed by atoms with E-state index in [1.807, 2.05) is 12.1 Å². The lowest BCUT2D eigenvalue weighted by molar-refractivity contribution is 0.415. The number of anilines is 1. The Morgan fingerprint density at radius 1 is 1.24 bits per heavy atom. The molecule has 3 aromatic rings. The molecule has 4 heteroatoms. The van der Waals surface area contributed by atoms with E-state index in [1.54, 1.807) is 18.4 Å². The van der Waals surface area contributed by atoms with Gasteiger partial charge in [-0.25, -0.2) is 4.98 Å². The molecule has 2 heterocycles. The van der Waals surface area contributed by atoms with E-state index in [0.29, 0.717) is 5.92 Å². The van der Waals surface area contributed by atoms with Crippen LogP contribution in [0, 0.1) is 0 Å². The van der Waals surface area contributed by atoms with Crippen LogP contribution in [0.4, 0.5) is 5.69 Å². The van der Waals surface area contributed by atoms with Gasteiger partial charge in [-0.1, -0.05) is 18.2 Å². The lowest BCUT2D eigenvalue weighted by Crippen LogP contribution is -2.21. The molecule has 0 saturated carbocycles. The van der Waals surface area contributed by atoms with Crippen molar-refractivity contribution in [2.45, 2.75) is 12.3 Å². The molecule has 1 aliphatic heterocycles. The van der Waals surface area contributed by atoms with Crippen LogP contribution < -0.4 is 10.1 Å². The zero-order valence-electron chi connectivity index (χ0n) is 11.8. The number of benzene rings is 2. The third-order valence-electron chi connectivity index (χ3n) is 3.98. The number of ether oxygens (including phenoxy) is 1. The minimum absolute atomic E-state index is 0.447. The molecule has 0 saturated heterocycles. The molecule has 0 aliphatic carbocycles. The van der Waals surface area contributed by atoms with Crippen LogP contribution in [-0.2, 0) is 6.42 Å². The highest BCUT2D eigenvalue weighted by atomic mass is 32.1. The number of aromatic nitrogens is 1. The Hall–Kier alpha value is -2.07. The van der Waals surface area contributed by atoms with Crippen molar-refractivity contribution in [3.8, 4) is 5.75 Å². The summed E-state index contributed by atoms with van der Waals surface area (Å²) in [5.74, 6) is 1.34. The van der Waals surface area contributed by atoms with Crippen LogP contribution in [0.15, 0.2) is 42.5 Å². The van der Waals surface area contributed by atoms with Crippen LogP contribution in [0.5, 0.6) is 5.75 Å². The minimum atomic E-state index is 0.447. The lowest BCUT2D eigenvalue weighted by atomic mass is 9.94. The maximum Gasteiger partial charge on any atom is 0.120 e. The van der Waals surface area contributed by atoms with E-state index < -0.39 is 0 Å². The smallest absolute Gasteiger partial charge is 0.120 e. The molecule has 0 amide bonds. The Balaban J connectivity index is 1.68. The predicted octanol–water partition coefficient (Wildman–Crippen LogP) is 4.06. The number of rotatable bonds is 2. The summed E-state index contributed by atoms with van der Waals surface area (Å²) < 4.78 is 6.49. The average Bonchev–Trinajstić information content (AvgIpc) is 2.97. The molecule has 1 N–H and O–H groups in total. The van der Waals surface area contributed by atoms with E-state index in [-0.39, 0.29) is 0 Å². The molecule has 0 fully saturated rings. The molecule has 1 atom stereocenters.